The molecule has 0 aliphatic carbocycles. The summed E-state index contributed by atoms with van der Waals surface area (Å²) < 4.78 is 10.7. The summed E-state index contributed by atoms with van der Waals surface area (Å²) in [5, 5.41) is 3.05. The van der Waals surface area contributed by atoms with E-state index in [2.05, 4.69) is 22.2 Å². The number of nitrogens with one attached hydrogen (secondary N) is 1. The van der Waals surface area contributed by atoms with Gasteiger partial charge in [-0.25, -0.2) is 0 Å². The van der Waals surface area contributed by atoms with Crippen LogP contribution < -0.4 is 15.8 Å². The number of allylic oxidation sites excluding steroid dienone is 1. The van der Waals surface area contributed by atoms with E-state index in [1.807, 2.05) is 51.2 Å². The third-order valence-corrected chi connectivity index (χ3v) is 4.08. The lowest BCUT2D eigenvalue weighted by molar-refractivity contribution is -0.140. The van der Waals surface area contributed by atoms with E-state index in [0.717, 1.165) is 28.1 Å². The van der Waals surface area contributed by atoms with Gasteiger partial charge >= 0.3 is 5.97 Å². The van der Waals surface area contributed by atoms with Gasteiger partial charge in [0.2, 0.25) is 0 Å². The Morgan fingerprint density at radius 2 is 1.92 bits per heavy atom. The van der Waals surface area contributed by atoms with Gasteiger partial charge in [0.15, 0.2) is 5.75 Å². The van der Waals surface area contributed by atoms with Gasteiger partial charge in [0.05, 0.1) is 18.5 Å². The number of carbonyl (C=O) groups excluding carboxylic acids is 1. The molecule has 0 heterocycles. The molecular formula is C21H26N2O3. The van der Waals surface area contributed by atoms with Crippen LogP contribution in [-0.4, -0.2) is 20.1 Å². The van der Waals surface area contributed by atoms with Crippen molar-refractivity contribution in [3.63, 3.8) is 0 Å². The Labute approximate surface area is 154 Å². The van der Waals surface area contributed by atoms with Crippen molar-refractivity contribution in [3.05, 3.63) is 53.1 Å². The maximum absolute atomic E-state index is 11.1. The van der Waals surface area contributed by atoms with Crippen molar-refractivity contribution in [1.82, 2.24) is 0 Å². The highest BCUT2D eigenvalue weighted by Crippen LogP contribution is 2.36. The van der Waals surface area contributed by atoms with Crippen LogP contribution in [0.25, 0.3) is 6.08 Å². The molecule has 2 aromatic carbocycles. The Hall–Kier alpha value is -2.95. The molecule has 0 saturated heterocycles. The average molecular weight is 354 g/mol. The molecule has 2 rings (SSSR count). The summed E-state index contributed by atoms with van der Waals surface area (Å²) >= 11 is 0. The molecule has 0 saturated carbocycles. The van der Waals surface area contributed by atoms with Gasteiger partial charge in [-0.2, -0.15) is 0 Å². The molecule has 0 unspecified atom stereocenters. The Morgan fingerprint density at radius 1 is 1.23 bits per heavy atom. The first-order valence-corrected chi connectivity index (χ1v) is 8.55. The minimum atomic E-state index is -0.202. The molecule has 0 aliphatic heterocycles. The van der Waals surface area contributed by atoms with E-state index in [4.69, 9.17) is 10.5 Å². The van der Waals surface area contributed by atoms with Crippen LogP contribution >= 0.6 is 0 Å². The van der Waals surface area contributed by atoms with Crippen LogP contribution in [0.5, 0.6) is 11.5 Å². The van der Waals surface area contributed by atoms with Crippen molar-refractivity contribution in [1.29, 1.82) is 0 Å². The van der Waals surface area contributed by atoms with Crippen LogP contribution in [0.3, 0.4) is 0 Å². The fourth-order valence-corrected chi connectivity index (χ4v) is 2.72. The van der Waals surface area contributed by atoms with Crippen LogP contribution in [0.4, 0.5) is 11.4 Å². The van der Waals surface area contributed by atoms with Crippen LogP contribution in [0.1, 0.15) is 29.5 Å². The second-order valence-electron chi connectivity index (χ2n) is 6.07. The number of hydrogen-bond donors (Lipinski definition) is 2. The zero-order valence-electron chi connectivity index (χ0n) is 15.8. The summed E-state index contributed by atoms with van der Waals surface area (Å²) in [5.74, 6) is 1.23. The van der Waals surface area contributed by atoms with E-state index in [9.17, 15) is 4.79 Å². The molecule has 26 heavy (non-hydrogen) atoms. The van der Waals surface area contributed by atoms with Gasteiger partial charge in [0.25, 0.3) is 0 Å². The number of anilines is 2. The molecule has 2 aromatic rings. The monoisotopic (exact) mass is 354 g/mol. The molecule has 0 aliphatic rings. The second-order valence-corrected chi connectivity index (χ2v) is 6.07. The topological polar surface area (TPSA) is 73.6 Å². The molecule has 0 atom stereocenters. The number of nitrogens with two attached hydrogens (primary N) is 1. The summed E-state index contributed by atoms with van der Waals surface area (Å²) in [4.78, 5) is 11.1. The number of rotatable bonds is 7. The van der Waals surface area contributed by atoms with Gasteiger partial charge in [-0.1, -0.05) is 18.2 Å². The third-order valence-electron chi connectivity index (χ3n) is 4.08. The number of nitrogen functional groups attached to an aromatic ring is 1. The number of methoxy groups -OCH3 is 1. The highest BCUT2D eigenvalue weighted by atomic mass is 16.5. The first-order valence-electron chi connectivity index (χ1n) is 8.55. The van der Waals surface area contributed by atoms with Crippen LogP contribution in [0.15, 0.2) is 36.4 Å². The van der Waals surface area contributed by atoms with E-state index in [1.165, 1.54) is 7.11 Å². The van der Waals surface area contributed by atoms with Crippen molar-refractivity contribution >= 4 is 23.4 Å². The Kier molecular flexibility index (Phi) is 6.67. The minimum Gasteiger partial charge on any atom is -0.469 e. The van der Waals surface area contributed by atoms with Crippen molar-refractivity contribution in [2.24, 2.45) is 0 Å². The fourth-order valence-electron chi connectivity index (χ4n) is 2.72. The van der Waals surface area contributed by atoms with Gasteiger partial charge in [0, 0.05) is 13.5 Å². The lowest BCUT2D eigenvalue weighted by atomic mass is 10.0. The minimum absolute atomic E-state index is 0.202. The third kappa shape index (κ3) is 4.79. The van der Waals surface area contributed by atoms with E-state index in [0.29, 0.717) is 24.3 Å². The molecule has 5 heteroatoms. The predicted molar refractivity (Wildman–Crippen MR) is 107 cm³/mol. The van der Waals surface area contributed by atoms with Gasteiger partial charge in [-0.05, 0) is 61.2 Å². The van der Waals surface area contributed by atoms with Crippen molar-refractivity contribution in [2.75, 3.05) is 25.2 Å². The lowest BCUT2D eigenvalue weighted by Gasteiger charge is -2.16. The highest BCUT2D eigenvalue weighted by Gasteiger charge is 2.11. The summed E-state index contributed by atoms with van der Waals surface area (Å²) in [6, 6.07) is 9.77. The zero-order chi connectivity index (χ0) is 19.1. The second kappa shape index (κ2) is 8.94. The fraction of sp³-hybridized carbons (Fsp3) is 0.286. The predicted octanol–water partition coefficient (Wildman–Crippen LogP) is 4.69. The molecule has 5 nitrogen and oxygen atoms in total. The largest absolute Gasteiger partial charge is 0.469 e. The molecule has 0 spiro atoms. The quantitative estimate of drug-likeness (QED) is 0.557. The van der Waals surface area contributed by atoms with Gasteiger partial charge in [-0.3, -0.25) is 4.79 Å². The van der Waals surface area contributed by atoms with E-state index < -0.39 is 0 Å². The van der Waals surface area contributed by atoms with Gasteiger partial charge < -0.3 is 20.5 Å². The zero-order valence-corrected chi connectivity index (χ0v) is 15.8. The average Bonchev–Trinajstić information content (AvgIpc) is 2.62. The van der Waals surface area contributed by atoms with E-state index in [-0.39, 0.29) is 5.97 Å². The number of aryl methyl sites for hydroxylation is 2. The Morgan fingerprint density at radius 3 is 2.54 bits per heavy atom. The molecule has 3 N–H and O–H groups in total. The van der Waals surface area contributed by atoms with E-state index in [1.54, 1.807) is 0 Å². The number of hydrogen-bond acceptors (Lipinski definition) is 5. The van der Waals surface area contributed by atoms with Crippen LogP contribution in [0, 0.1) is 13.8 Å². The van der Waals surface area contributed by atoms with Gasteiger partial charge in [0.1, 0.15) is 5.75 Å². The molecule has 0 aromatic heterocycles. The van der Waals surface area contributed by atoms with Crippen molar-refractivity contribution < 1.29 is 14.3 Å². The number of para-hydroxylation sites is 1. The molecule has 0 radical (unpaired) electrons. The smallest absolute Gasteiger partial charge is 0.305 e. The molecule has 0 amide bonds. The van der Waals surface area contributed by atoms with Crippen molar-refractivity contribution in [2.45, 2.75) is 26.7 Å². The molecule has 138 valence electrons. The number of carbonyl (C=O) groups is 1. The highest BCUT2D eigenvalue weighted by molar-refractivity contribution is 5.73. The number of ether oxygens (including phenoxy) is 2. The first kappa shape index (κ1) is 19.4. The summed E-state index contributed by atoms with van der Waals surface area (Å²) in [5.41, 5.74) is 10.7. The normalized spacial score (nSPS) is 10.8. The lowest BCUT2D eigenvalue weighted by Crippen LogP contribution is -2.00. The Bertz CT molecular complexity index is 790. The SMILES string of the molecule is CNc1cccc(Oc2c(C)cc(/C=C/CCC(=O)OC)cc2C)c1N. The van der Waals surface area contributed by atoms with Crippen molar-refractivity contribution in [3.8, 4) is 11.5 Å². The van der Waals surface area contributed by atoms with Crippen LogP contribution in [0.2, 0.25) is 0 Å². The summed E-state index contributed by atoms with van der Waals surface area (Å²) in [6.07, 6.45) is 5.01. The van der Waals surface area contributed by atoms with E-state index >= 15 is 0 Å². The maximum Gasteiger partial charge on any atom is 0.305 e. The maximum atomic E-state index is 11.1. The molecule has 0 fully saturated rings. The summed E-state index contributed by atoms with van der Waals surface area (Å²) in [6.45, 7) is 4.01. The summed E-state index contributed by atoms with van der Waals surface area (Å²) in [7, 11) is 3.23. The molecular weight excluding hydrogens is 328 g/mol. The van der Waals surface area contributed by atoms with Gasteiger partial charge in [-0.15, -0.1) is 0 Å². The first-order chi connectivity index (χ1) is 12.5. The Balaban J connectivity index is 2.17. The number of benzene rings is 2. The molecule has 0 bridgehead atoms. The number of esters is 1. The van der Waals surface area contributed by atoms with Crippen LogP contribution in [-0.2, 0) is 9.53 Å². The standard InChI is InChI=1S/C21H26N2O3/c1-14-12-16(8-5-6-11-19(24)25-4)13-15(2)21(14)26-18-10-7-9-17(23-3)20(18)22/h5,7-10,12-13,23H,6,11,22H2,1-4H3/b8-5+.